The fourth-order valence-corrected chi connectivity index (χ4v) is 3.23. The Morgan fingerprint density at radius 2 is 1.88 bits per heavy atom. The van der Waals surface area contributed by atoms with E-state index in [1.165, 1.54) is 13.3 Å². The third kappa shape index (κ3) is 5.57. The summed E-state index contributed by atoms with van der Waals surface area (Å²) in [7, 11) is -2.26. The number of amides is 1. The van der Waals surface area contributed by atoms with Gasteiger partial charge in [0.15, 0.2) is 0 Å². The number of hydrogen-bond donors (Lipinski definition) is 1. The van der Waals surface area contributed by atoms with Crippen molar-refractivity contribution in [2.45, 2.75) is 0 Å². The fraction of sp³-hybridized carbons (Fsp3) is 0.176. The van der Waals surface area contributed by atoms with Gasteiger partial charge in [-0.1, -0.05) is 40.2 Å². The number of carbonyl (C=O) groups is 1. The predicted octanol–water partition coefficient (Wildman–Crippen LogP) is 2.37. The first-order valence-electron chi connectivity index (χ1n) is 7.49. The highest BCUT2D eigenvalue weighted by Gasteiger charge is 2.23. The molecule has 0 aliphatic rings. The quantitative estimate of drug-likeness (QED) is 0.529. The lowest BCUT2D eigenvalue weighted by molar-refractivity contribution is -0.119. The molecule has 26 heavy (non-hydrogen) atoms. The molecule has 138 valence electrons. The average molecular weight is 440 g/mol. The number of ether oxygens (including phenoxy) is 1. The van der Waals surface area contributed by atoms with E-state index in [4.69, 9.17) is 4.74 Å². The van der Waals surface area contributed by atoms with E-state index in [-0.39, 0.29) is 5.69 Å². The Morgan fingerprint density at radius 3 is 2.50 bits per heavy atom. The molecule has 0 saturated heterocycles. The molecule has 0 bridgehead atoms. The molecule has 0 saturated carbocycles. The topological polar surface area (TPSA) is 88.1 Å². The van der Waals surface area contributed by atoms with Crippen molar-refractivity contribution in [1.82, 2.24) is 5.43 Å². The van der Waals surface area contributed by atoms with Crippen LogP contribution in [0.1, 0.15) is 5.56 Å². The van der Waals surface area contributed by atoms with Crippen molar-refractivity contribution in [3.63, 3.8) is 0 Å². The minimum Gasteiger partial charge on any atom is -0.495 e. The highest BCUT2D eigenvalue weighted by atomic mass is 79.9. The molecular weight excluding hydrogens is 422 g/mol. The maximum Gasteiger partial charge on any atom is 0.260 e. The first-order chi connectivity index (χ1) is 12.3. The normalized spacial score (nSPS) is 11.3. The first-order valence-corrected chi connectivity index (χ1v) is 10.1. The van der Waals surface area contributed by atoms with Crippen LogP contribution in [0.5, 0.6) is 5.75 Å². The molecule has 9 heteroatoms. The molecule has 0 aliphatic heterocycles. The standard InChI is InChI=1S/C17H18BrN3O4S/c1-25-16-6-4-3-5-15(16)21(26(2,23)24)12-17(22)20-19-11-13-7-9-14(18)10-8-13/h3-11H,12H2,1-2H3,(H,20,22)/b19-11-. The lowest BCUT2D eigenvalue weighted by Gasteiger charge is -2.23. The zero-order valence-corrected chi connectivity index (χ0v) is 16.6. The van der Waals surface area contributed by atoms with E-state index >= 15 is 0 Å². The number of hydrogen-bond acceptors (Lipinski definition) is 5. The van der Waals surface area contributed by atoms with Gasteiger partial charge in [0.25, 0.3) is 5.91 Å². The molecule has 0 fully saturated rings. The Bertz CT molecular complexity index is 898. The number of benzene rings is 2. The number of hydrazone groups is 1. The molecule has 2 rings (SSSR count). The molecule has 0 spiro atoms. The first kappa shape index (κ1) is 19.9. The highest BCUT2D eigenvalue weighted by Crippen LogP contribution is 2.29. The molecule has 1 amide bonds. The van der Waals surface area contributed by atoms with E-state index in [1.807, 2.05) is 24.3 Å². The summed E-state index contributed by atoms with van der Waals surface area (Å²) in [6.45, 7) is -0.420. The van der Waals surface area contributed by atoms with Crippen molar-refractivity contribution < 1.29 is 17.9 Å². The van der Waals surface area contributed by atoms with Crippen LogP contribution >= 0.6 is 15.9 Å². The van der Waals surface area contributed by atoms with Crippen molar-refractivity contribution in [2.24, 2.45) is 5.10 Å². The SMILES string of the molecule is COc1ccccc1N(CC(=O)N/N=C\c1ccc(Br)cc1)S(C)(=O)=O. The molecule has 2 aromatic carbocycles. The van der Waals surface area contributed by atoms with Crippen LogP contribution in [-0.4, -0.2) is 40.4 Å². The lowest BCUT2D eigenvalue weighted by Crippen LogP contribution is -2.39. The molecule has 0 aliphatic carbocycles. The van der Waals surface area contributed by atoms with E-state index in [2.05, 4.69) is 26.5 Å². The number of carbonyl (C=O) groups excluding carboxylic acids is 1. The Kier molecular flexibility index (Phi) is 6.76. The maximum absolute atomic E-state index is 12.1. The van der Waals surface area contributed by atoms with Crippen molar-refractivity contribution >= 4 is 43.8 Å². The van der Waals surface area contributed by atoms with Crippen LogP contribution in [0.2, 0.25) is 0 Å². The Morgan fingerprint density at radius 1 is 1.23 bits per heavy atom. The maximum atomic E-state index is 12.1. The largest absolute Gasteiger partial charge is 0.495 e. The summed E-state index contributed by atoms with van der Waals surface area (Å²) in [5.41, 5.74) is 3.40. The minimum atomic E-state index is -3.69. The zero-order valence-electron chi connectivity index (χ0n) is 14.2. The van der Waals surface area contributed by atoms with Gasteiger partial charge in [-0.3, -0.25) is 9.10 Å². The zero-order chi connectivity index (χ0) is 19.2. The molecule has 2 aromatic rings. The number of nitrogens with one attached hydrogen (secondary N) is 1. The number of nitrogens with zero attached hydrogens (tertiary/aromatic N) is 2. The van der Waals surface area contributed by atoms with Crippen LogP contribution in [0.3, 0.4) is 0 Å². The molecule has 0 radical (unpaired) electrons. The molecule has 0 heterocycles. The van der Waals surface area contributed by atoms with Gasteiger partial charge in [-0.2, -0.15) is 5.10 Å². The number of halogens is 1. The van der Waals surface area contributed by atoms with Gasteiger partial charge in [0.1, 0.15) is 12.3 Å². The van der Waals surface area contributed by atoms with Crippen molar-refractivity contribution in [3.8, 4) is 5.75 Å². The number of para-hydroxylation sites is 2. The van der Waals surface area contributed by atoms with E-state index in [0.717, 1.165) is 20.6 Å². The third-order valence-electron chi connectivity index (χ3n) is 3.31. The van der Waals surface area contributed by atoms with Crippen LogP contribution in [-0.2, 0) is 14.8 Å². The molecule has 7 nitrogen and oxygen atoms in total. The van der Waals surface area contributed by atoms with E-state index in [0.29, 0.717) is 5.75 Å². The second-order valence-electron chi connectivity index (χ2n) is 5.29. The molecule has 0 atom stereocenters. The number of methoxy groups -OCH3 is 1. The smallest absolute Gasteiger partial charge is 0.260 e. The van der Waals surface area contributed by atoms with Crippen LogP contribution in [0.4, 0.5) is 5.69 Å². The summed E-state index contributed by atoms with van der Waals surface area (Å²) in [4.78, 5) is 12.1. The molecule has 0 aromatic heterocycles. The van der Waals surface area contributed by atoms with Gasteiger partial charge >= 0.3 is 0 Å². The van der Waals surface area contributed by atoms with Crippen LogP contribution < -0.4 is 14.5 Å². The van der Waals surface area contributed by atoms with Gasteiger partial charge in [-0.15, -0.1) is 0 Å². The second kappa shape index (κ2) is 8.81. The molecule has 1 N–H and O–H groups in total. The van der Waals surface area contributed by atoms with E-state index in [1.54, 1.807) is 24.3 Å². The lowest BCUT2D eigenvalue weighted by atomic mass is 10.2. The number of rotatable bonds is 7. The van der Waals surface area contributed by atoms with E-state index < -0.39 is 22.5 Å². The summed E-state index contributed by atoms with van der Waals surface area (Å²) in [5, 5.41) is 3.85. The Labute approximate surface area is 160 Å². The minimum absolute atomic E-state index is 0.282. The molecular formula is C17H18BrN3O4S. The summed E-state index contributed by atoms with van der Waals surface area (Å²) < 4.78 is 31.3. The summed E-state index contributed by atoms with van der Waals surface area (Å²) in [6, 6.07) is 13.9. The summed E-state index contributed by atoms with van der Waals surface area (Å²) in [5.74, 6) is -0.223. The van der Waals surface area contributed by atoms with E-state index in [9.17, 15) is 13.2 Å². The van der Waals surface area contributed by atoms with Gasteiger partial charge in [-0.05, 0) is 29.8 Å². The van der Waals surface area contributed by atoms with Crippen LogP contribution in [0.15, 0.2) is 58.1 Å². The van der Waals surface area contributed by atoms with Gasteiger partial charge in [0.05, 0.1) is 25.3 Å². The monoisotopic (exact) mass is 439 g/mol. The van der Waals surface area contributed by atoms with Crippen LogP contribution in [0, 0.1) is 0 Å². The highest BCUT2D eigenvalue weighted by molar-refractivity contribution is 9.10. The molecule has 0 unspecified atom stereocenters. The number of anilines is 1. The average Bonchev–Trinajstić information content (AvgIpc) is 2.60. The van der Waals surface area contributed by atoms with Crippen molar-refractivity contribution in [3.05, 3.63) is 58.6 Å². The van der Waals surface area contributed by atoms with Crippen molar-refractivity contribution in [1.29, 1.82) is 0 Å². The second-order valence-corrected chi connectivity index (χ2v) is 8.11. The fourth-order valence-electron chi connectivity index (χ4n) is 2.11. The number of sulfonamides is 1. The Hall–Kier alpha value is -2.39. The van der Waals surface area contributed by atoms with Gasteiger partial charge in [0.2, 0.25) is 10.0 Å². The van der Waals surface area contributed by atoms with Crippen molar-refractivity contribution in [2.75, 3.05) is 24.2 Å². The van der Waals surface area contributed by atoms with Gasteiger partial charge in [0, 0.05) is 4.47 Å². The van der Waals surface area contributed by atoms with Gasteiger partial charge in [-0.25, -0.2) is 13.8 Å². The summed E-state index contributed by atoms with van der Waals surface area (Å²) in [6.07, 6.45) is 2.50. The van der Waals surface area contributed by atoms with Gasteiger partial charge < -0.3 is 4.74 Å². The predicted molar refractivity (Wildman–Crippen MR) is 105 cm³/mol. The third-order valence-corrected chi connectivity index (χ3v) is 4.97. The Balaban J connectivity index is 2.11. The summed E-state index contributed by atoms with van der Waals surface area (Å²) >= 11 is 3.33. The van der Waals surface area contributed by atoms with Crippen LogP contribution in [0.25, 0.3) is 0 Å².